The SMILES string of the molecule is Nc1ccc(Cl)cc1N1CCN(C(=O)C23CC4CC(CC(O)(C4)C2)C3)CC1. The van der Waals surface area contributed by atoms with Crippen LogP contribution in [0.15, 0.2) is 18.2 Å². The smallest absolute Gasteiger partial charge is 0.229 e. The number of carbonyl (C=O) groups is 1. The average Bonchev–Trinajstić information content (AvgIpc) is 2.61. The van der Waals surface area contributed by atoms with Gasteiger partial charge in [-0.25, -0.2) is 0 Å². The van der Waals surface area contributed by atoms with Crippen LogP contribution < -0.4 is 10.6 Å². The summed E-state index contributed by atoms with van der Waals surface area (Å²) in [6.07, 6.45) is 5.64. The van der Waals surface area contributed by atoms with Crippen LogP contribution in [0.3, 0.4) is 0 Å². The Balaban J connectivity index is 1.30. The largest absolute Gasteiger partial charge is 0.397 e. The van der Waals surface area contributed by atoms with Gasteiger partial charge in [-0.15, -0.1) is 0 Å². The van der Waals surface area contributed by atoms with Crippen molar-refractivity contribution in [3.05, 3.63) is 23.2 Å². The Bertz CT molecular complexity index is 761. The maximum absolute atomic E-state index is 13.5. The molecule has 4 bridgehead atoms. The molecule has 5 nitrogen and oxygen atoms in total. The van der Waals surface area contributed by atoms with Crippen molar-refractivity contribution in [1.29, 1.82) is 0 Å². The molecule has 4 saturated carbocycles. The van der Waals surface area contributed by atoms with Crippen molar-refractivity contribution < 1.29 is 9.90 Å². The van der Waals surface area contributed by atoms with Gasteiger partial charge in [-0.2, -0.15) is 0 Å². The summed E-state index contributed by atoms with van der Waals surface area (Å²) in [6, 6.07) is 5.55. The second-order valence-electron chi connectivity index (χ2n) is 9.45. The summed E-state index contributed by atoms with van der Waals surface area (Å²) in [5.74, 6) is 1.36. The van der Waals surface area contributed by atoms with E-state index in [1.807, 2.05) is 17.0 Å². The van der Waals surface area contributed by atoms with Crippen LogP contribution in [0.1, 0.15) is 38.5 Å². The van der Waals surface area contributed by atoms with Crippen LogP contribution in [0.25, 0.3) is 0 Å². The molecule has 146 valence electrons. The Labute approximate surface area is 165 Å². The number of hydrogen-bond donors (Lipinski definition) is 2. The second kappa shape index (κ2) is 6.02. The van der Waals surface area contributed by atoms with E-state index < -0.39 is 5.60 Å². The lowest BCUT2D eigenvalue weighted by atomic mass is 9.47. The van der Waals surface area contributed by atoms with Gasteiger partial charge in [-0.3, -0.25) is 4.79 Å². The fourth-order valence-corrected chi connectivity index (χ4v) is 6.91. The first-order chi connectivity index (χ1) is 12.9. The molecule has 1 aromatic rings. The average molecular weight is 390 g/mol. The van der Waals surface area contributed by atoms with Crippen molar-refractivity contribution in [2.45, 2.75) is 44.1 Å². The van der Waals surface area contributed by atoms with Crippen LogP contribution in [-0.4, -0.2) is 47.7 Å². The molecular weight excluding hydrogens is 362 g/mol. The molecule has 6 rings (SSSR count). The van der Waals surface area contributed by atoms with Crippen LogP contribution in [-0.2, 0) is 4.79 Å². The number of aliphatic hydroxyl groups is 1. The number of nitrogen functional groups attached to an aromatic ring is 1. The number of piperazine rings is 1. The molecule has 2 atom stereocenters. The van der Waals surface area contributed by atoms with E-state index in [1.54, 1.807) is 6.07 Å². The number of anilines is 2. The number of benzene rings is 1. The first-order valence-corrected chi connectivity index (χ1v) is 10.6. The Hall–Kier alpha value is -1.46. The van der Waals surface area contributed by atoms with Gasteiger partial charge < -0.3 is 20.6 Å². The topological polar surface area (TPSA) is 69.8 Å². The zero-order chi connectivity index (χ0) is 18.8. The van der Waals surface area contributed by atoms with E-state index in [0.717, 1.165) is 50.1 Å². The third-order valence-electron chi connectivity index (χ3n) is 7.38. The number of nitrogens with zero attached hydrogens (tertiary/aromatic N) is 2. The van der Waals surface area contributed by atoms with Gasteiger partial charge in [0.1, 0.15) is 0 Å². The highest BCUT2D eigenvalue weighted by molar-refractivity contribution is 6.31. The van der Waals surface area contributed by atoms with Gasteiger partial charge in [0.15, 0.2) is 0 Å². The van der Waals surface area contributed by atoms with Crippen molar-refractivity contribution in [3.8, 4) is 0 Å². The first-order valence-electron chi connectivity index (χ1n) is 10.2. The first kappa shape index (κ1) is 17.6. The van der Waals surface area contributed by atoms with E-state index in [9.17, 15) is 9.90 Å². The van der Waals surface area contributed by atoms with Gasteiger partial charge in [0.2, 0.25) is 5.91 Å². The van der Waals surface area contributed by atoms with E-state index in [1.165, 1.54) is 6.42 Å². The fraction of sp³-hybridized carbons (Fsp3) is 0.667. The fourth-order valence-electron chi connectivity index (χ4n) is 6.74. The number of rotatable bonds is 2. The van der Waals surface area contributed by atoms with E-state index >= 15 is 0 Å². The molecule has 2 unspecified atom stereocenters. The zero-order valence-electron chi connectivity index (χ0n) is 15.7. The maximum atomic E-state index is 13.5. The van der Waals surface area contributed by atoms with Gasteiger partial charge in [-0.05, 0) is 68.6 Å². The second-order valence-corrected chi connectivity index (χ2v) is 9.88. The minimum absolute atomic E-state index is 0.286. The summed E-state index contributed by atoms with van der Waals surface area (Å²) < 4.78 is 0. The van der Waals surface area contributed by atoms with Crippen molar-refractivity contribution in [2.24, 2.45) is 17.3 Å². The zero-order valence-corrected chi connectivity index (χ0v) is 16.4. The third-order valence-corrected chi connectivity index (χ3v) is 7.62. The normalized spacial score (nSPS) is 37.7. The van der Waals surface area contributed by atoms with E-state index in [4.69, 9.17) is 17.3 Å². The molecule has 4 aliphatic carbocycles. The highest BCUT2D eigenvalue weighted by atomic mass is 35.5. The summed E-state index contributed by atoms with van der Waals surface area (Å²) in [5, 5.41) is 11.6. The Morgan fingerprint density at radius 2 is 1.78 bits per heavy atom. The van der Waals surface area contributed by atoms with Crippen molar-refractivity contribution in [1.82, 2.24) is 4.90 Å². The van der Waals surface area contributed by atoms with E-state index in [2.05, 4.69) is 4.90 Å². The van der Waals surface area contributed by atoms with Crippen molar-refractivity contribution in [3.63, 3.8) is 0 Å². The van der Waals surface area contributed by atoms with Crippen LogP contribution in [0, 0.1) is 17.3 Å². The highest BCUT2D eigenvalue weighted by Gasteiger charge is 2.60. The molecule has 0 spiro atoms. The monoisotopic (exact) mass is 389 g/mol. The van der Waals surface area contributed by atoms with E-state index in [-0.39, 0.29) is 11.3 Å². The van der Waals surface area contributed by atoms with Crippen molar-refractivity contribution in [2.75, 3.05) is 36.8 Å². The minimum Gasteiger partial charge on any atom is -0.397 e. The van der Waals surface area contributed by atoms with Crippen LogP contribution >= 0.6 is 11.6 Å². The maximum Gasteiger partial charge on any atom is 0.229 e. The molecular formula is C21H28ClN3O2. The van der Waals surface area contributed by atoms with Crippen LogP contribution in [0.5, 0.6) is 0 Å². The molecule has 5 aliphatic rings. The predicted octanol–water partition coefficient (Wildman–Crippen LogP) is 2.90. The third kappa shape index (κ3) is 2.90. The lowest BCUT2D eigenvalue weighted by Crippen LogP contribution is -2.62. The molecule has 1 heterocycles. The number of hydrogen-bond acceptors (Lipinski definition) is 4. The molecule has 0 aromatic heterocycles. The standard InChI is InChI=1S/C21H28ClN3O2/c22-16-1-2-17(23)18(8-16)24-3-5-25(6-4-24)19(26)20-9-14-7-15(10-20)12-21(27,11-14)13-20/h1-2,8,14-15,27H,3-7,9-13,23H2. The highest BCUT2D eigenvalue weighted by Crippen LogP contribution is 2.62. The summed E-state index contributed by atoms with van der Waals surface area (Å²) in [6.45, 7) is 2.95. The summed E-state index contributed by atoms with van der Waals surface area (Å²) in [7, 11) is 0. The van der Waals surface area contributed by atoms with Crippen LogP contribution in [0.2, 0.25) is 5.02 Å². The van der Waals surface area contributed by atoms with E-state index in [0.29, 0.717) is 36.4 Å². The minimum atomic E-state index is -0.587. The Kier molecular flexibility index (Phi) is 3.93. The molecule has 5 fully saturated rings. The molecule has 1 saturated heterocycles. The number of halogens is 1. The van der Waals surface area contributed by atoms with Crippen LogP contribution in [0.4, 0.5) is 11.4 Å². The molecule has 27 heavy (non-hydrogen) atoms. The van der Waals surface area contributed by atoms with Gasteiger partial charge >= 0.3 is 0 Å². The molecule has 0 radical (unpaired) electrons. The van der Waals surface area contributed by atoms with Gasteiger partial charge in [-0.1, -0.05) is 11.6 Å². The number of nitrogens with two attached hydrogens (primary N) is 1. The summed E-state index contributed by atoms with van der Waals surface area (Å²) in [4.78, 5) is 17.8. The van der Waals surface area contributed by atoms with Crippen molar-refractivity contribution >= 4 is 28.9 Å². The molecule has 1 amide bonds. The Morgan fingerprint density at radius 3 is 2.41 bits per heavy atom. The van der Waals surface area contributed by atoms with Gasteiger partial charge in [0.05, 0.1) is 22.4 Å². The predicted molar refractivity (Wildman–Crippen MR) is 107 cm³/mol. The number of amides is 1. The molecule has 6 heteroatoms. The Morgan fingerprint density at radius 1 is 1.11 bits per heavy atom. The lowest BCUT2D eigenvalue weighted by molar-refractivity contribution is -0.186. The van der Waals surface area contributed by atoms with Gasteiger partial charge in [0, 0.05) is 31.2 Å². The quantitative estimate of drug-likeness (QED) is 0.763. The number of carbonyl (C=O) groups excluding carboxylic acids is 1. The molecule has 1 aliphatic heterocycles. The molecule has 1 aromatic carbocycles. The molecule has 3 N–H and O–H groups in total. The summed E-state index contributed by atoms with van der Waals surface area (Å²) in [5.41, 5.74) is 6.91. The summed E-state index contributed by atoms with van der Waals surface area (Å²) >= 11 is 6.13. The lowest BCUT2D eigenvalue weighted by Gasteiger charge is -2.60. The van der Waals surface area contributed by atoms with Gasteiger partial charge in [0.25, 0.3) is 0 Å².